The van der Waals surface area contributed by atoms with Gasteiger partial charge in [0.2, 0.25) is 0 Å². The van der Waals surface area contributed by atoms with Crippen molar-refractivity contribution in [3.8, 4) is 11.5 Å². The van der Waals surface area contributed by atoms with Crippen molar-refractivity contribution in [1.82, 2.24) is 14.9 Å². The zero-order valence-corrected chi connectivity index (χ0v) is 20.6. The van der Waals surface area contributed by atoms with Crippen molar-refractivity contribution in [2.45, 2.75) is 32.2 Å². The number of aryl methyl sites for hydroxylation is 1. The summed E-state index contributed by atoms with van der Waals surface area (Å²) in [6.45, 7) is 5.83. The summed E-state index contributed by atoms with van der Waals surface area (Å²) in [7, 11) is 0. The first-order chi connectivity index (χ1) is 17.7. The molecule has 0 saturated heterocycles. The number of para-hydroxylation sites is 4. The largest absolute Gasteiger partial charge is 0.493 e. The molecule has 0 aliphatic rings. The van der Waals surface area contributed by atoms with Gasteiger partial charge in [-0.2, -0.15) is 0 Å². The van der Waals surface area contributed by atoms with Crippen LogP contribution >= 0.6 is 0 Å². The van der Waals surface area contributed by atoms with Gasteiger partial charge in [0.15, 0.2) is 6.61 Å². The van der Waals surface area contributed by atoms with Crippen LogP contribution in [0.1, 0.15) is 24.2 Å². The van der Waals surface area contributed by atoms with Gasteiger partial charge in [-0.1, -0.05) is 54.6 Å². The third-order valence-electron chi connectivity index (χ3n) is 5.89. The summed E-state index contributed by atoms with van der Waals surface area (Å²) in [6, 6.07) is 25.6. The molecule has 0 aliphatic carbocycles. The molecule has 0 bridgehead atoms. The van der Waals surface area contributed by atoms with Gasteiger partial charge in [-0.15, -0.1) is 6.58 Å². The molecule has 4 rings (SSSR count). The molecule has 4 aromatic rings. The van der Waals surface area contributed by atoms with E-state index in [-0.39, 0.29) is 12.5 Å². The molecule has 6 heteroatoms. The fourth-order valence-corrected chi connectivity index (χ4v) is 4.12. The number of fused-ring (bicyclic) bond motifs is 1. The zero-order valence-electron chi connectivity index (χ0n) is 20.6. The molecule has 0 atom stereocenters. The number of imidazole rings is 1. The number of nitrogens with zero attached hydrogens (tertiary/aromatic N) is 2. The minimum atomic E-state index is -0.143. The highest BCUT2D eigenvalue weighted by atomic mass is 16.5. The van der Waals surface area contributed by atoms with E-state index in [1.54, 1.807) is 0 Å². The van der Waals surface area contributed by atoms with Gasteiger partial charge in [-0.05, 0) is 55.2 Å². The molecule has 186 valence electrons. The van der Waals surface area contributed by atoms with Crippen LogP contribution < -0.4 is 14.8 Å². The van der Waals surface area contributed by atoms with E-state index >= 15 is 0 Å². The van der Waals surface area contributed by atoms with E-state index in [4.69, 9.17) is 14.5 Å². The molecular formula is C30H33N3O3. The summed E-state index contributed by atoms with van der Waals surface area (Å²) in [6.07, 6.45) is 5.25. The summed E-state index contributed by atoms with van der Waals surface area (Å²) in [4.78, 5) is 17.0. The molecule has 0 saturated carbocycles. The fourth-order valence-electron chi connectivity index (χ4n) is 4.12. The maximum absolute atomic E-state index is 12.2. The van der Waals surface area contributed by atoms with E-state index in [2.05, 4.69) is 28.6 Å². The van der Waals surface area contributed by atoms with Crippen molar-refractivity contribution in [2.24, 2.45) is 0 Å². The Balaban J connectivity index is 1.27. The first-order valence-electron chi connectivity index (χ1n) is 12.4. The van der Waals surface area contributed by atoms with Crippen LogP contribution in [0.15, 0.2) is 91.5 Å². The summed E-state index contributed by atoms with van der Waals surface area (Å²) < 4.78 is 13.8. The summed E-state index contributed by atoms with van der Waals surface area (Å²) in [5.74, 6) is 2.44. The molecule has 1 aromatic heterocycles. The number of aromatic nitrogens is 2. The Morgan fingerprint density at radius 2 is 1.72 bits per heavy atom. The SMILES string of the molecule is C=CCc1ccccc1OCCCCn1c(CCNC(=O)COc2ccccc2)nc2ccccc21. The molecule has 0 unspecified atom stereocenters. The Morgan fingerprint density at radius 1 is 0.944 bits per heavy atom. The molecule has 3 aromatic carbocycles. The lowest BCUT2D eigenvalue weighted by Gasteiger charge is -2.12. The average molecular weight is 484 g/mol. The predicted octanol–water partition coefficient (Wildman–Crippen LogP) is 5.36. The van der Waals surface area contributed by atoms with Crippen LogP contribution in [-0.4, -0.2) is 35.2 Å². The van der Waals surface area contributed by atoms with Crippen molar-refractivity contribution in [2.75, 3.05) is 19.8 Å². The number of carbonyl (C=O) groups is 1. The van der Waals surface area contributed by atoms with Crippen LogP contribution in [0, 0.1) is 0 Å². The van der Waals surface area contributed by atoms with Crippen LogP contribution in [0.5, 0.6) is 11.5 Å². The first kappa shape index (κ1) is 25.0. The van der Waals surface area contributed by atoms with Gasteiger partial charge in [-0.3, -0.25) is 4.79 Å². The van der Waals surface area contributed by atoms with Gasteiger partial charge in [0.05, 0.1) is 17.6 Å². The number of ether oxygens (including phenoxy) is 2. The van der Waals surface area contributed by atoms with Crippen molar-refractivity contribution in [1.29, 1.82) is 0 Å². The second-order valence-electron chi connectivity index (χ2n) is 8.53. The highest BCUT2D eigenvalue weighted by molar-refractivity contribution is 5.77. The van der Waals surface area contributed by atoms with Gasteiger partial charge >= 0.3 is 0 Å². The highest BCUT2D eigenvalue weighted by Gasteiger charge is 2.11. The maximum Gasteiger partial charge on any atom is 0.257 e. The number of allylic oxidation sites excluding steroid dienone is 1. The Bertz CT molecular complexity index is 1270. The molecule has 1 heterocycles. The molecule has 0 aliphatic heterocycles. The lowest BCUT2D eigenvalue weighted by Crippen LogP contribution is -2.31. The zero-order chi connectivity index (χ0) is 25.0. The van der Waals surface area contributed by atoms with Gasteiger partial charge in [0.25, 0.3) is 5.91 Å². The normalized spacial score (nSPS) is 10.8. The number of unbranched alkanes of at least 4 members (excludes halogenated alkanes) is 1. The Kier molecular flexibility index (Phi) is 9.14. The van der Waals surface area contributed by atoms with Gasteiger partial charge in [0, 0.05) is 19.5 Å². The smallest absolute Gasteiger partial charge is 0.257 e. The molecule has 36 heavy (non-hydrogen) atoms. The molecule has 0 spiro atoms. The van der Waals surface area contributed by atoms with Crippen molar-refractivity contribution < 1.29 is 14.3 Å². The Morgan fingerprint density at radius 3 is 2.58 bits per heavy atom. The Labute approximate surface area is 212 Å². The minimum Gasteiger partial charge on any atom is -0.493 e. The molecule has 0 radical (unpaired) electrons. The summed E-state index contributed by atoms with van der Waals surface area (Å²) >= 11 is 0. The van der Waals surface area contributed by atoms with Gasteiger partial charge in [-0.25, -0.2) is 4.98 Å². The third-order valence-corrected chi connectivity index (χ3v) is 5.89. The number of amides is 1. The predicted molar refractivity (Wildman–Crippen MR) is 143 cm³/mol. The number of benzene rings is 3. The number of nitrogens with one attached hydrogen (secondary N) is 1. The van der Waals surface area contributed by atoms with Crippen molar-refractivity contribution in [3.63, 3.8) is 0 Å². The number of hydrogen-bond donors (Lipinski definition) is 1. The van der Waals surface area contributed by atoms with Crippen LogP contribution in [0.4, 0.5) is 0 Å². The van der Waals surface area contributed by atoms with E-state index in [0.29, 0.717) is 25.3 Å². The molecule has 0 fully saturated rings. The topological polar surface area (TPSA) is 65.4 Å². The second-order valence-corrected chi connectivity index (χ2v) is 8.53. The third kappa shape index (κ3) is 6.98. The number of carbonyl (C=O) groups excluding carboxylic acids is 1. The lowest BCUT2D eigenvalue weighted by atomic mass is 10.1. The van der Waals surface area contributed by atoms with Gasteiger partial charge in [0.1, 0.15) is 17.3 Å². The molecule has 1 N–H and O–H groups in total. The van der Waals surface area contributed by atoms with E-state index in [1.165, 1.54) is 0 Å². The molecular weight excluding hydrogens is 450 g/mol. The van der Waals surface area contributed by atoms with E-state index in [9.17, 15) is 4.79 Å². The number of rotatable bonds is 14. The fraction of sp³-hybridized carbons (Fsp3) is 0.267. The van der Waals surface area contributed by atoms with E-state index < -0.39 is 0 Å². The highest BCUT2D eigenvalue weighted by Crippen LogP contribution is 2.20. The van der Waals surface area contributed by atoms with Gasteiger partial charge < -0.3 is 19.4 Å². The van der Waals surface area contributed by atoms with Crippen molar-refractivity contribution in [3.05, 3.63) is 103 Å². The standard InChI is InChI=1S/C30H33N3O3/c1-2-12-24-13-6-9-18-28(24)35-22-11-10-21-33-27-17-8-7-16-26(27)32-29(33)19-20-31-30(34)23-36-25-14-4-3-5-15-25/h2-9,13-18H,1,10-12,19-23H2,(H,31,34). The molecule has 6 nitrogen and oxygen atoms in total. The minimum absolute atomic E-state index is 0.00361. The number of hydrogen-bond acceptors (Lipinski definition) is 4. The van der Waals surface area contributed by atoms with E-state index in [0.717, 1.165) is 54.0 Å². The van der Waals surface area contributed by atoms with Crippen LogP contribution in [-0.2, 0) is 24.2 Å². The van der Waals surface area contributed by atoms with Crippen LogP contribution in [0.3, 0.4) is 0 Å². The Hall–Kier alpha value is -4.06. The molecule has 1 amide bonds. The summed E-state index contributed by atoms with van der Waals surface area (Å²) in [5, 5.41) is 2.94. The quantitative estimate of drug-likeness (QED) is 0.194. The first-order valence-corrected chi connectivity index (χ1v) is 12.4. The maximum atomic E-state index is 12.2. The lowest BCUT2D eigenvalue weighted by molar-refractivity contribution is -0.123. The second kappa shape index (κ2) is 13.1. The average Bonchev–Trinajstić information content (AvgIpc) is 3.26. The van der Waals surface area contributed by atoms with E-state index in [1.807, 2.05) is 72.8 Å². The van der Waals surface area contributed by atoms with Crippen LogP contribution in [0.25, 0.3) is 11.0 Å². The summed E-state index contributed by atoms with van der Waals surface area (Å²) in [5.41, 5.74) is 3.25. The monoisotopic (exact) mass is 483 g/mol. The van der Waals surface area contributed by atoms with Crippen LogP contribution in [0.2, 0.25) is 0 Å². The van der Waals surface area contributed by atoms with Crippen molar-refractivity contribution >= 4 is 16.9 Å².